The molecule has 0 N–H and O–H groups in total. The molecule has 0 spiro atoms. The van der Waals surface area contributed by atoms with Crippen LogP contribution in [0.3, 0.4) is 0 Å². The number of aromatic nitrogens is 1. The lowest BCUT2D eigenvalue weighted by molar-refractivity contribution is -0.146. The zero-order valence-electron chi connectivity index (χ0n) is 17.7. The van der Waals surface area contributed by atoms with Crippen LogP contribution in [0.5, 0.6) is 0 Å². The highest BCUT2D eigenvalue weighted by atomic mass is 16.6. The number of hydrogen-bond acceptors (Lipinski definition) is 6. The Hall–Kier alpha value is -3.09. The largest absolute Gasteiger partial charge is 0.462 e. The van der Waals surface area contributed by atoms with Crippen molar-refractivity contribution in [2.24, 2.45) is 0 Å². The molecule has 29 heavy (non-hydrogen) atoms. The molecule has 0 aliphatic heterocycles. The Morgan fingerprint density at radius 1 is 1.00 bits per heavy atom. The summed E-state index contributed by atoms with van der Waals surface area (Å²) in [6, 6.07) is 7.20. The lowest BCUT2D eigenvalue weighted by Gasteiger charge is -2.20. The normalized spacial score (nSPS) is 11.1. The van der Waals surface area contributed by atoms with Crippen LogP contribution in [0.1, 0.15) is 45.9 Å². The van der Waals surface area contributed by atoms with Gasteiger partial charge in [0, 0.05) is 16.6 Å². The van der Waals surface area contributed by atoms with Crippen LogP contribution in [0.15, 0.2) is 29.8 Å². The molecule has 1 heterocycles. The number of ether oxygens (including phenoxy) is 3. The van der Waals surface area contributed by atoms with Crippen molar-refractivity contribution in [2.75, 3.05) is 13.2 Å². The summed E-state index contributed by atoms with van der Waals surface area (Å²) in [5.41, 5.74) is 0.780. The maximum absolute atomic E-state index is 12.8. The number of hydrogen-bond donors (Lipinski definition) is 0. The molecular weight excluding hydrogens is 374 g/mol. The van der Waals surface area contributed by atoms with Gasteiger partial charge in [0.1, 0.15) is 11.2 Å². The van der Waals surface area contributed by atoms with Crippen LogP contribution in [0.25, 0.3) is 17.0 Å². The van der Waals surface area contributed by atoms with E-state index in [4.69, 9.17) is 14.2 Å². The quantitative estimate of drug-likeness (QED) is 0.245. The van der Waals surface area contributed by atoms with Crippen LogP contribution in [-0.2, 0) is 23.8 Å². The Morgan fingerprint density at radius 2 is 1.55 bits per heavy atom. The minimum atomic E-state index is -0.778. The summed E-state index contributed by atoms with van der Waals surface area (Å²) < 4.78 is 17.0. The van der Waals surface area contributed by atoms with Crippen LogP contribution in [-0.4, -0.2) is 41.4 Å². The first-order chi connectivity index (χ1) is 13.6. The van der Waals surface area contributed by atoms with Gasteiger partial charge >= 0.3 is 18.0 Å². The fourth-order valence-corrected chi connectivity index (χ4v) is 2.88. The molecule has 0 unspecified atom stereocenters. The van der Waals surface area contributed by atoms with Gasteiger partial charge in [-0.3, -0.25) is 0 Å². The summed E-state index contributed by atoms with van der Waals surface area (Å²) in [5, 5.41) is 0.696. The Kier molecular flexibility index (Phi) is 6.84. The van der Waals surface area contributed by atoms with E-state index in [-0.39, 0.29) is 18.8 Å². The molecule has 1 aromatic carbocycles. The fraction of sp³-hybridized carbons (Fsp3) is 0.409. The molecule has 0 saturated carbocycles. The fourth-order valence-electron chi connectivity index (χ4n) is 2.88. The summed E-state index contributed by atoms with van der Waals surface area (Å²) in [6.07, 6.45) is 0.869. The third kappa shape index (κ3) is 5.04. The second-order valence-electron chi connectivity index (χ2n) is 7.33. The Bertz CT molecular complexity index is 942. The molecule has 0 bridgehead atoms. The van der Waals surface area contributed by atoms with Gasteiger partial charge in [-0.05, 0) is 53.7 Å². The van der Waals surface area contributed by atoms with E-state index in [2.05, 4.69) is 0 Å². The lowest BCUT2D eigenvalue weighted by atomic mass is 10.1. The predicted octanol–water partition coefficient (Wildman–Crippen LogP) is 4.24. The number of rotatable bonds is 5. The van der Waals surface area contributed by atoms with Gasteiger partial charge in [-0.25, -0.2) is 19.0 Å². The van der Waals surface area contributed by atoms with Crippen LogP contribution in [0, 0.1) is 6.92 Å². The van der Waals surface area contributed by atoms with E-state index < -0.39 is 23.6 Å². The molecule has 0 saturated heterocycles. The van der Waals surface area contributed by atoms with Gasteiger partial charge in [-0.1, -0.05) is 18.2 Å². The molecule has 0 aliphatic carbocycles. The van der Waals surface area contributed by atoms with Crippen molar-refractivity contribution in [3.63, 3.8) is 0 Å². The topological polar surface area (TPSA) is 83.8 Å². The molecule has 0 aliphatic rings. The molecule has 2 aromatic rings. The number of benzene rings is 1. The van der Waals surface area contributed by atoms with Crippen LogP contribution in [0.2, 0.25) is 0 Å². The predicted molar refractivity (Wildman–Crippen MR) is 110 cm³/mol. The highest BCUT2D eigenvalue weighted by Crippen LogP contribution is 2.29. The van der Waals surface area contributed by atoms with E-state index in [9.17, 15) is 14.4 Å². The first-order valence-corrected chi connectivity index (χ1v) is 9.50. The van der Waals surface area contributed by atoms with Crippen molar-refractivity contribution in [1.29, 1.82) is 0 Å². The molecule has 7 heteroatoms. The first kappa shape index (κ1) is 22.2. The highest BCUT2D eigenvalue weighted by molar-refractivity contribution is 6.18. The van der Waals surface area contributed by atoms with Gasteiger partial charge < -0.3 is 14.2 Å². The van der Waals surface area contributed by atoms with Gasteiger partial charge in [0.05, 0.1) is 18.7 Å². The van der Waals surface area contributed by atoms with Crippen molar-refractivity contribution in [3.05, 3.63) is 41.1 Å². The molecular formula is C22H27NO6. The number of para-hydroxylation sites is 1. The van der Waals surface area contributed by atoms with Gasteiger partial charge in [0.25, 0.3) is 0 Å². The third-order valence-corrected chi connectivity index (χ3v) is 4.02. The summed E-state index contributed by atoms with van der Waals surface area (Å²) >= 11 is 0. The number of fused-ring (bicyclic) bond motifs is 1. The summed E-state index contributed by atoms with van der Waals surface area (Å²) in [5.74, 6) is -1.56. The van der Waals surface area contributed by atoms with Crippen LogP contribution < -0.4 is 0 Å². The molecule has 2 rings (SSSR count). The van der Waals surface area contributed by atoms with E-state index in [0.717, 1.165) is 0 Å². The molecule has 0 atom stereocenters. The minimum absolute atomic E-state index is 0.119. The SMILES string of the molecule is CCOC(=O)C(=Cc1c(C)n(C(=O)OC(C)(C)C)c2ccccc12)C(=O)OCC. The van der Waals surface area contributed by atoms with Gasteiger partial charge in [-0.2, -0.15) is 0 Å². The molecule has 0 amide bonds. The maximum atomic E-state index is 12.8. The van der Waals surface area contributed by atoms with E-state index in [1.54, 1.807) is 53.7 Å². The molecule has 1 aromatic heterocycles. The lowest BCUT2D eigenvalue weighted by Crippen LogP contribution is -2.27. The summed E-state index contributed by atoms with van der Waals surface area (Å²) in [7, 11) is 0. The second kappa shape index (κ2) is 8.94. The zero-order chi connectivity index (χ0) is 21.8. The average molecular weight is 401 g/mol. The van der Waals surface area contributed by atoms with Crippen molar-refractivity contribution < 1.29 is 28.6 Å². The van der Waals surface area contributed by atoms with Crippen molar-refractivity contribution in [2.45, 2.75) is 47.1 Å². The Morgan fingerprint density at radius 3 is 2.07 bits per heavy atom. The molecule has 156 valence electrons. The highest BCUT2D eigenvalue weighted by Gasteiger charge is 2.26. The number of carbonyl (C=O) groups excluding carboxylic acids is 3. The smallest absolute Gasteiger partial charge is 0.419 e. The van der Waals surface area contributed by atoms with Gasteiger partial charge in [0.15, 0.2) is 0 Å². The monoisotopic (exact) mass is 401 g/mol. The van der Waals surface area contributed by atoms with E-state index in [1.165, 1.54) is 10.6 Å². The van der Waals surface area contributed by atoms with Gasteiger partial charge in [-0.15, -0.1) is 0 Å². The van der Waals surface area contributed by atoms with Crippen LogP contribution in [0.4, 0.5) is 4.79 Å². The standard InChI is InChI=1S/C22H27NO6/c1-7-27-19(24)17(20(25)28-8-2)13-16-14(3)23(21(26)29-22(4,5)6)18-12-10-9-11-15(16)18/h9-13H,7-8H2,1-6H3. The van der Waals surface area contributed by atoms with E-state index >= 15 is 0 Å². The third-order valence-electron chi connectivity index (χ3n) is 4.02. The molecule has 0 radical (unpaired) electrons. The summed E-state index contributed by atoms with van der Waals surface area (Å²) in [4.78, 5) is 37.5. The molecule has 7 nitrogen and oxygen atoms in total. The number of nitrogens with zero attached hydrogens (tertiary/aromatic N) is 1. The Labute approximate surface area is 170 Å². The summed E-state index contributed by atoms with van der Waals surface area (Å²) in [6.45, 7) is 10.6. The second-order valence-corrected chi connectivity index (χ2v) is 7.33. The molecule has 0 fully saturated rings. The van der Waals surface area contributed by atoms with E-state index in [1.807, 2.05) is 12.1 Å². The zero-order valence-corrected chi connectivity index (χ0v) is 17.7. The van der Waals surface area contributed by atoms with Crippen molar-refractivity contribution in [1.82, 2.24) is 4.57 Å². The van der Waals surface area contributed by atoms with E-state index in [0.29, 0.717) is 22.2 Å². The number of esters is 2. The Balaban J connectivity index is 2.69. The number of carbonyl (C=O) groups is 3. The van der Waals surface area contributed by atoms with Gasteiger partial charge in [0.2, 0.25) is 0 Å². The average Bonchev–Trinajstić information content (AvgIpc) is 2.90. The maximum Gasteiger partial charge on any atom is 0.419 e. The van der Waals surface area contributed by atoms with Crippen molar-refractivity contribution >= 4 is 35.0 Å². The van der Waals surface area contributed by atoms with Crippen molar-refractivity contribution in [3.8, 4) is 0 Å². The minimum Gasteiger partial charge on any atom is -0.462 e. The van der Waals surface area contributed by atoms with Crippen LogP contribution >= 0.6 is 0 Å². The first-order valence-electron chi connectivity index (χ1n) is 9.50.